The van der Waals surface area contributed by atoms with Crippen LogP contribution in [0.3, 0.4) is 0 Å². The maximum atomic E-state index is 12.7. The van der Waals surface area contributed by atoms with E-state index < -0.39 is 0 Å². The van der Waals surface area contributed by atoms with Gasteiger partial charge in [0.2, 0.25) is 5.91 Å². The second kappa shape index (κ2) is 7.32. The zero-order valence-corrected chi connectivity index (χ0v) is 16.5. The highest BCUT2D eigenvalue weighted by Crippen LogP contribution is 2.28. The third-order valence-corrected chi connectivity index (χ3v) is 6.38. The molecular weight excluding hydrogens is 384 g/mol. The average molecular weight is 403 g/mol. The number of nitrogens with zero attached hydrogens (tertiary/aromatic N) is 3. The summed E-state index contributed by atoms with van der Waals surface area (Å²) in [7, 11) is 0. The molecule has 3 aromatic heterocycles. The molecule has 3 aromatic rings. The lowest BCUT2D eigenvalue weighted by molar-refractivity contribution is -0.119. The van der Waals surface area contributed by atoms with E-state index in [1.807, 2.05) is 25.3 Å². The Morgan fingerprint density at radius 1 is 1.44 bits per heavy atom. The summed E-state index contributed by atoms with van der Waals surface area (Å²) in [5.74, 6) is 0.790. The third kappa shape index (κ3) is 3.44. The number of nitrogens with one attached hydrogen (secondary N) is 1. The molecule has 0 saturated carbocycles. The van der Waals surface area contributed by atoms with Crippen molar-refractivity contribution in [2.75, 3.05) is 11.1 Å². The van der Waals surface area contributed by atoms with E-state index in [1.54, 1.807) is 16.9 Å². The zero-order chi connectivity index (χ0) is 19.0. The Balaban J connectivity index is 1.51. The Labute approximate surface area is 163 Å². The van der Waals surface area contributed by atoms with Crippen LogP contribution in [0.25, 0.3) is 11.5 Å². The fourth-order valence-electron chi connectivity index (χ4n) is 3.04. The van der Waals surface area contributed by atoms with Crippen LogP contribution >= 0.6 is 23.1 Å². The van der Waals surface area contributed by atoms with E-state index in [0.717, 1.165) is 5.69 Å². The van der Waals surface area contributed by atoms with Crippen molar-refractivity contribution in [3.63, 3.8) is 0 Å². The van der Waals surface area contributed by atoms with Crippen molar-refractivity contribution in [2.24, 2.45) is 5.92 Å². The minimum atomic E-state index is -0.314. The van der Waals surface area contributed by atoms with Crippen LogP contribution in [0.5, 0.6) is 0 Å². The molecule has 27 heavy (non-hydrogen) atoms. The molecule has 9 heteroatoms. The standard InChI is InChI=1S/C18H18N4O3S2/c1-3-12-10(2)19-18-22(16(12)24)7-11(8-27-18)15(23)21-17-20-13(9-26-17)14-5-4-6-25-14/h4-6,9,11H,3,7-8H2,1-2H3,(H,20,21,23). The van der Waals surface area contributed by atoms with Gasteiger partial charge in [-0.1, -0.05) is 18.7 Å². The maximum absolute atomic E-state index is 12.7. The van der Waals surface area contributed by atoms with E-state index in [1.165, 1.54) is 23.1 Å². The average Bonchev–Trinajstić information content (AvgIpc) is 3.33. The highest BCUT2D eigenvalue weighted by molar-refractivity contribution is 7.99. The van der Waals surface area contributed by atoms with Crippen LogP contribution in [-0.4, -0.2) is 26.2 Å². The molecule has 0 radical (unpaired) electrons. The van der Waals surface area contributed by atoms with E-state index in [-0.39, 0.29) is 17.4 Å². The summed E-state index contributed by atoms with van der Waals surface area (Å²) < 4.78 is 6.95. The van der Waals surface area contributed by atoms with Crippen molar-refractivity contribution in [3.8, 4) is 11.5 Å². The van der Waals surface area contributed by atoms with Crippen LogP contribution in [-0.2, 0) is 17.8 Å². The summed E-state index contributed by atoms with van der Waals surface area (Å²) in [6, 6.07) is 3.61. The number of fused-ring (bicyclic) bond motifs is 1. The van der Waals surface area contributed by atoms with Crippen LogP contribution in [0.1, 0.15) is 18.2 Å². The SMILES string of the molecule is CCc1c(C)nc2n(c1=O)CC(C(=O)Nc1nc(-c3ccco3)cs1)CS2. The molecule has 1 aliphatic heterocycles. The van der Waals surface area contributed by atoms with Gasteiger partial charge in [-0.15, -0.1) is 11.3 Å². The fraction of sp³-hybridized carbons (Fsp3) is 0.333. The number of amides is 1. The van der Waals surface area contributed by atoms with Gasteiger partial charge in [0.1, 0.15) is 5.69 Å². The minimum absolute atomic E-state index is 0.0423. The first-order valence-electron chi connectivity index (χ1n) is 8.60. The molecule has 1 atom stereocenters. The summed E-state index contributed by atoms with van der Waals surface area (Å²) >= 11 is 2.79. The first-order chi connectivity index (χ1) is 13.1. The Hall–Kier alpha value is -2.39. The number of aromatic nitrogens is 3. The maximum Gasteiger partial charge on any atom is 0.257 e. The van der Waals surface area contributed by atoms with Gasteiger partial charge in [-0.3, -0.25) is 14.2 Å². The van der Waals surface area contributed by atoms with E-state index >= 15 is 0 Å². The normalized spacial score (nSPS) is 16.1. The molecular formula is C18H18N4O3S2. The van der Waals surface area contributed by atoms with Crippen molar-refractivity contribution in [3.05, 3.63) is 45.4 Å². The molecule has 1 aliphatic rings. The number of thioether (sulfide) groups is 1. The Kier molecular flexibility index (Phi) is 4.88. The molecule has 7 nitrogen and oxygen atoms in total. The highest BCUT2D eigenvalue weighted by atomic mass is 32.2. The zero-order valence-electron chi connectivity index (χ0n) is 14.9. The topological polar surface area (TPSA) is 90.0 Å². The summed E-state index contributed by atoms with van der Waals surface area (Å²) in [6.07, 6.45) is 2.22. The number of hydrogen-bond acceptors (Lipinski definition) is 7. The van der Waals surface area contributed by atoms with Gasteiger partial charge in [-0.05, 0) is 25.5 Å². The number of hydrogen-bond donors (Lipinski definition) is 1. The van der Waals surface area contributed by atoms with E-state index in [2.05, 4.69) is 15.3 Å². The Bertz CT molecular complexity index is 1040. The van der Waals surface area contributed by atoms with Gasteiger partial charge in [0.05, 0.1) is 12.2 Å². The largest absolute Gasteiger partial charge is 0.463 e. The summed E-state index contributed by atoms with van der Waals surface area (Å²) in [5, 5.41) is 5.91. The molecule has 4 heterocycles. The molecule has 1 N–H and O–H groups in total. The van der Waals surface area contributed by atoms with Gasteiger partial charge in [0.25, 0.3) is 5.56 Å². The first kappa shape index (κ1) is 18.0. The molecule has 0 saturated heterocycles. The van der Waals surface area contributed by atoms with Gasteiger partial charge in [0.15, 0.2) is 16.0 Å². The number of carbonyl (C=O) groups is 1. The molecule has 0 aromatic carbocycles. The fourth-order valence-corrected chi connectivity index (χ4v) is 4.86. The Morgan fingerprint density at radius 3 is 3.04 bits per heavy atom. The molecule has 0 spiro atoms. The predicted octanol–water partition coefficient (Wildman–Crippen LogP) is 3.19. The Morgan fingerprint density at radius 2 is 2.30 bits per heavy atom. The number of aryl methyl sites for hydroxylation is 1. The van der Waals surface area contributed by atoms with Crippen molar-refractivity contribution < 1.29 is 9.21 Å². The lowest BCUT2D eigenvalue weighted by atomic mass is 10.1. The molecule has 0 fully saturated rings. The van der Waals surface area contributed by atoms with E-state index in [0.29, 0.717) is 46.0 Å². The third-order valence-electron chi connectivity index (χ3n) is 4.48. The van der Waals surface area contributed by atoms with Gasteiger partial charge in [0, 0.05) is 28.9 Å². The van der Waals surface area contributed by atoms with Crippen LogP contribution in [0.2, 0.25) is 0 Å². The van der Waals surface area contributed by atoms with Crippen LogP contribution in [0.15, 0.2) is 38.1 Å². The quantitative estimate of drug-likeness (QED) is 0.674. The molecule has 0 bridgehead atoms. The van der Waals surface area contributed by atoms with Gasteiger partial charge < -0.3 is 9.73 Å². The van der Waals surface area contributed by atoms with Crippen molar-refractivity contribution in [2.45, 2.75) is 32.0 Å². The number of thiazole rings is 1. The summed E-state index contributed by atoms with van der Waals surface area (Å²) in [5.41, 5.74) is 2.13. The van der Waals surface area contributed by atoms with Crippen LogP contribution in [0.4, 0.5) is 5.13 Å². The molecule has 0 aliphatic carbocycles. The minimum Gasteiger partial charge on any atom is -0.463 e. The molecule has 1 amide bonds. The van der Waals surface area contributed by atoms with Crippen LogP contribution in [0, 0.1) is 12.8 Å². The van der Waals surface area contributed by atoms with Gasteiger partial charge >= 0.3 is 0 Å². The first-order valence-corrected chi connectivity index (χ1v) is 10.5. The van der Waals surface area contributed by atoms with Gasteiger partial charge in [-0.2, -0.15) is 0 Å². The second-order valence-corrected chi connectivity index (χ2v) is 8.09. The molecule has 1 unspecified atom stereocenters. The van der Waals surface area contributed by atoms with Gasteiger partial charge in [-0.25, -0.2) is 9.97 Å². The number of rotatable bonds is 4. The summed E-state index contributed by atoms with van der Waals surface area (Å²) in [6.45, 7) is 4.14. The highest BCUT2D eigenvalue weighted by Gasteiger charge is 2.28. The van der Waals surface area contributed by atoms with E-state index in [9.17, 15) is 9.59 Å². The van der Waals surface area contributed by atoms with Crippen LogP contribution < -0.4 is 10.9 Å². The predicted molar refractivity (Wildman–Crippen MR) is 105 cm³/mol. The summed E-state index contributed by atoms with van der Waals surface area (Å²) in [4.78, 5) is 34.3. The number of anilines is 1. The number of furan rings is 1. The smallest absolute Gasteiger partial charge is 0.257 e. The number of carbonyl (C=O) groups excluding carboxylic acids is 1. The lowest BCUT2D eigenvalue weighted by Gasteiger charge is -2.24. The van der Waals surface area contributed by atoms with E-state index in [4.69, 9.17) is 4.42 Å². The monoisotopic (exact) mass is 402 g/mol. The molecule has 140 valence electrons. The lowest BCUT2D eigenvalue weighted by Crippen LogP contribution is -2.38. The van der Waals surface area contributed by atoms with Crippen molar-refractivity contribution >= 4 is 34.1 Å². The van der Waals surface area contributed by atoms with Crippen molar-refractivity contribution in [1.82, 2.24) is 14.5 Å². The molecule has 4 rings (SSSR count). The van der Waals surface area contributed by atoms with Crippen molar-refractivity contribution in [1.29, 1.82) is 0 Å². The second-order valence-electron chi connectivity index (χ2n) is 6.24.